The number of rotatable bonds is 1. The summed E-state index contributed by atoms with van der Waals surface area (Å²) >= 11 is 3.18. The maximum Gasteiger partial charge on any atom is 0.131 e. The zero-order valence-electron chi connectivity index (χ0n) is 6.09. The molecule has 0 saturated carbocycles. The molecule has 0 radical (unpaired) electrons. The lowest BCUT2D eigenvalue weighted by Crippen LogP contribution is -1.81. The van der Waals surface area contributed by atoms with E-state index in [1.54, 1.807) is 18.2 Å². The fraction of sp³-hybridized carbons (Fsp3) is 0. The quantitative estimate of drug-likeness (QED) is 0.675. The maximum atomic E-state index is 13.0. The highest BCUT2D eigenvalue weighted by atomic mass is 79.9. The van der Waals surface area contributed by atoms with Gasteiger partial charge >= 0.3 is 0 Å². The van der Waals surface area contributed by atoms with Gasteiger partial charge in [0.15, 0.2) is 0 Å². The predicted molar refractivity (Wildman–Crippen MR) is 48.7 cm³/mol. The lowest BCUT2D eigenvalue weighted by Gasteiger charge is -1.97. The van der Waals surface area contributed by atoms with Gasteiger partial charge in [0.1, 0.15) is 5.82 Å². The fourth-order valence-corrected chi connectivity index (χ4v) is 1.26. The largest absolute Gasteiger partial charge is 0.206 e. The molecule has 0 aliphatic heterocycles. The van der Waals surface area contributed by atoms with Crippen LogP contribution in [0.3, 0.4) is 0 Å². The molecule has 0 fully saturated rings. The summed E-state index contributed by atoms with van der Waals surface area (Å²) in [6.07, 6.45) is 2.67. The average Bonchev–Trinajstić information content (AvgIpc) is 2.04. The molecule has 1 rings (SSSR count). The number of nitriles is 1. The molecule has 3 heteroatoms. The molecule has 0 aliphatic rings. The Bertz CT molecular complexity index is 332. The first kappa shape index (κ1) is 8.95. The first-order valence-electron chi connectivity index (χ1n) is 3.26. The second-order valence-electron chi connectivity index (χ2n) is 2.10. The van der Waals surface area contributed by atoms with Crippen molar-refractivity contribution in [3.63, 3.8) is 0 Å². The van der Waals surface area contributed by atoms with Crippen molar-refractivity contribution in [2.45, 2.75) is 0 Å². The van der Waals surface area contributed by atoms with E-state index < -0.39 is 0 Å². The summed E-state index contributed by atoms with van der Waals surface area (Å²) in [6, 6.07) is 6.47. The summed E-state index contributed by atoms with van der Waals surface area (Å²) in [6.45, 7) is 0. The van der Waals surface area contributed by atoms with Gasteiger partial charge in [-0.25, -0.2) is 4.39 Å². The molecule has 1 nitrogen and oxygen atoms in total. The summed E-state index contributed by atoms with van der Waals surface area (Å²) in [7, 11) is 0. The Kier molecular flexibility index (Phi) is 3.01. The van der Waals surface area contributed by atoms with E-state index in [9.17, 15) is 4.39 Å². The minimum Gasteiger partial charge on any atom is -0.206 e. The van der Waals surface area contributed by atoms with Gasteiger partial charge in [-0.05, 0) is 18.2 Å². The van der Waals surface area contributed by atoms with E-state index in [4.69, 9.17) is 5.26 Å². The summed E-state index contributed by atoms with van der Waals surface area (Å²) in [5.74, 6) is -0.337. The molecule has 0 atom stereocenters. The lowest BCUT2D eigenvalue weighted by atomic mass is 10.2. The van der Waals surface area contributed by atoms with Gasteiger partial charge in [0.25, 0.3) is 0 Å². The van der Waals surface area contributed by atoms with Gasteiger partial charge in [-0.3, -0.25) is 0 Å². The zero-order chi connectivity index (χ0) is 8.97. The number of benzene rings is 1. The highest BCUT2D eigenvalue weighted by Crippen LogP contribution is 2.20. The van der Waals surface area contributed by atoms with E-state index in [0.29, 0.717) is 10.0 Å². The van der Waals surface area contributed by atoms with Gasteiger partial charge in [-0.1, -0.05) is 22.0 Å². The van der Waals surface area contributed by atoms with Crippen LogP contribution in [0.25, 0.3) is 6.08 Å². The van der Waals surface area contributed by atoms with Crippen LogP contribution in [0.2, 0.25) is 0 Å². The third-order valence-corrected chi connectivity index (χ3v) is 2.02. The Labute approximate surface area is 78.3 Å². The molecular formula is C9H5BrFN. The number of allylic oxidation sites excluding steroid dienone is 1. The molecule has 0 bridgehead atoms. The number of nitrogens with zero attached hydrogens (tertiary/aromatic N) is 1. The molecule has 0 spiro atoms. The average molecular weight is 226 g/mol. The summed E-state index contributed by atoms with van der Waals surface area (Å²) in [5.41, 5.74) is 0.402. The van der Waals surface area contributed by atoms with Crippen molar-refractivity contribution in [1.29, 1.82) is 5.26 Å². The topological polar surface area (TPSA) is 23.8 Å². The first-order valence-corrected chi connectivity index (χ1v) is 4.05. The third-order valence-electron chi connectivity index (χ3n) is 1.32. The third kappa shape index (κ3) is 1.93. The Morgan fingerprint density at radius 2 is 2.25 bits per heavy atom. The number of hydrogen-bond donors (Lipinski definition) is 0. The molecule has 1 aromatic carbocycles. The smallest absolute Gasteiger partial charge is 0.131 e. The SMILES string of the molecule is N#CC=Cc1c(F)cccc1Br. The van der Waals surface area contributed by atoms with Crippen LogP contribution in [0.15, 0.2) is 28.7 Å². The van der Waals surface area contributed by atoms with Crippen LogP contribution in [0.1, 0.15) is 5.56 Å². The standard InChI is InChI=1S/C9H5BrFN/c10-8-4-1-5-9(11)7(8)3-2-6-12/h1-5H. The van der Waals surface area contributed by atoms with E-state index in [2.05, 4.69) is 15.9 Å². The molecular weight excluding hydrogens is 221 g/mol. The van der Waals surface area contributed by atoms with Crippen molar-refractivity contribution in [3.8, 4) is 6.07 Å². The second kappa shape index (κ2) is 4.03. The predicted octanol–water partition coefficient (Wildman–Crippen LogP) is 3.12. The molecule has 1 aromatic rings. The summed E-state index contributed by atoms with van der Waals surface area (Å²) < 4.78 is 13.6. The zero-order valence-corrected chi connectivity index (χ0v) is 7.68. The molecule has 0 N–H and O–H groups in total. The molecule has 0 heterocycles. The van der Waals surface area contributed by atoms with Crippen LogP contribution in [0, 0.1) is 17.1 Å². The van der Waals surface area contributed by atoms with E-state index >= 15 is 0 Å². The monoisotopic (exact) mass is 225 g/mol. The van der Waals surface area contributed by atoms with E-state index in [1.165, 1.54) is 18.2 Å². The normalized spacial score (nSPS) is 10.1. The fourth-order valence-electron chi connectivity index (χ4n) is 0.791. The molecule has 0 unspecified atom stereocenters. The van der Waals surface area contributed by atoms with Crippen molar-refractivity contribution in [1.82, 2.24) is 0 Å². The first-order chi connectivity index (χ1) is 5.75. The van der Waals surface area contributed by atoms with Gasteiger partial charge in [0.05, 0.1) is 6.07 Å². The van der Waals surface area contributed by atoms with E-state index in [0.717, 1.165) is 0 Å². The van der Waals surface area contributed by atoms with Crippen molar-refractivity contribution >= 4 is 22.0 Å². The summed E-state index contributed by atoms with van der Waals surface area (Å²) in [5, 5.41) is 8.23. The van der Waals surface area contributed by atoms with E-state index in [1.807, 2.05) is 0 Å². The number of halogens is 2. The van der Waals surface area contributed by atoms with Gasteiger partial charge < -0.3 is 0 Å². The molecule has 0 amide bonds. The molecule has 60 valence electrons. The minimum absolute atomic E-state index is 0.337. The Morgan fingerprint density at radius 3 is 2.83 bits per heavy atom. The highest BCUT2D eigenvalue weighted by Gasteiger charge is 2.00. The van der Waals surface area contributed by atoms with Crippen LogP contribution in [0.4, 0.5) is 4.39 Å². The van der Waals surface area contributed by atoms with Crippen LogP contribution < -0.4 is 0 Å². The summed E-state index contributed by atoms with van der Waals surface area (Å²) in [4.78, 5) is 0. The number of hydrogen-bond acceptors (Lipinski definition) is 1. The van der Waals surface area contributed by atoms with Crippen molar-refractivity contribution < 1.29 is 4.39 Å². The van der Waals surface area contributed by atoms with Gasteiger partial charge in [-0.2, -0.15) is 5.26 Å². The van der Waals surface area contributed by atoms with Crippen LogP contribution in [-0.2, 0) is 0 Å². The van der Waals surface area contributed by atoms with Crippen LogP contribution in [-0.4, -0.2) is 0 Å². The van der Waals surface area contributed by atoms with Crippen molar-refractivity contribution in [2.24, 2.45) is 0 Å². The molecule has 0 aliphatic carbocycles. The van der Waals surface area contributed by atoms with Gasteiger partial charge in [0.2, 0.25) is 0 Å². The lowest BCUT2D eigenvalue weighted by molar-refractivity contribution is 0.624. The minimum atomic E-state index is -0.337. The Hall–Kier alpha value is -1.14. The Balaban J connectivity index is 3.15. The van der Waals surface area contributed by atoms with Crippen LogP contribution >= 0.6 is 15.9 Å². The van der Waals surface area contributed by atoms with Gasteiger partial charge in [-0.15, -0.1) is 0 Å². The Morgan fingerprint density at radius 1 is 1.50 bits per heavy atom. The highest BCUT2D eigenvalue weighted by molar-refractivity contribution is 9.10. The van der Waals surface area contributed by atoms with Crippen molar-refractivity contribution in [2.75, 3.05) is 0 Å². The molecule has 0 saturated heterocycles. The van der Waals surface area contributed by atoms with Gasteiger partial charge in [0, 0.05) is 16.1 Å². The molecule has 0 aromatic heterocycles. The second-order valence-corrected chi connectivity index (χ2v) is 2.95. The van der Waals surface area contributed by atoms with Crippen LogP contribution in [0.5, 0.6) is 0 Å². The molecule has 12 heavy (non-hydrogen) atoms. The van der Waals surface area contributed by atoms with Crippen molar-refractivity contribution in [3.05, 3.63) is 40.1 Å². The maximum absolute atomic E-state index is 13.0. The van der Waals surface area contributed by atoms with E-state index in [-0.39, 0.29) is 5.82 Å².